The van der Waals surface area contributed by atoms with E-state index >= 15 is 0 Å². The topological polar surface area (TPSA) is 29.1 Å². The van der Waals surface area contributed by atoms with Crippen molar-refractivity contribution in [3.8, 4) is 0 Å². The van der Waals surface area contributed by atoms with Gasteiger partial charge in [-0.3, -0.25) is 4.79 Å². The summed E-state index contributed by atoms with van der Waals surface area (Å²) in [4.78, 5) is 11.6. The lowest BCUT2D eigenvalue weighted by atomic mass is 9.80. The minimum atomic E-state index is -0.220. The van der Waals surface area contributed by atoms with Crippen molar-refractivity contribution in [1.82, 2.24) is 5.32 Å². The Labute approximate surface area is 76.2 Å². The Morgan fingerprint density at radius 3 is 2.33 bits per heavy atom. The van der Waals surface area contributed by atoms with Crippen LogP contribution in [0.1, 0.15) is 42.0 Å². The van der Waals surface area contributed by atoms with Gasteiger partial charge in [0, 0.05) is 12.9 Å². The van der Waals surface area contributed by atoms with Crippen LogP contribution in [0.15, 0.2) is 0 Å². The van der Waals surface area contributed by atoms with Gasteiger partial charge in [0.05, 0.1) is 0 Å². The van der Waals surface area contributed by atoms with E-state index in [1.807, 2.05) is 13.8 Å². The Morgan fingerprint density at radius 2 is 2.00 bits per heavy atom. The van der Waals surface area contributed by atoms with Crippen LogP contribution in [0.2, 0.25) is 0 Å². The molecule has 0 aromatic rings. The first-order valence-electron chi connectivity index (χ1n) is 4.75. The second kappa shape index (κ2) is 3.08. The zero-order chi connectivity index (χ0) is 9.35. The molecular formula is C10H21NO. The van der Waals surface area contributed by atoms with Crippen LogP contribution in [0.4, 0.5) is 0 Å². The quantitative estimate of drug-likeness (QED) is 0.693. The van der Waals surface area contributed by atoms with Gasteiger partial charge in [-0.15, -0.1) is 0 Å². The molecule has 2 heteroatoms. The first-order chi connectivity index (χ1) is 5.44. The standard InChI is InChI=1S/C10H19NO.H2/c1-7(2)10(3,4)9(12)11-8-5-6-8;/h7-8H,5-6H2,1-4H3,(H,11,12);1H. The van der Waals surface area contributed by atoms with Crippen LogP contribution < -0.4 is 5.32 Å². The van der Waals surface area contributed by atoms with E-state index in [2.05, 4.69) is 19.2 Å². The van der Waals surface area contributed by atoms with E-state index < -0.39 is 0 Å². The Bertz CT molecular complexity index is 185. The molecule has 0 aromatic carbocycles. The molecular weight excluding hydrogens is 150 g/mol. The Hall–Kier alpha value is -0.530. The lowest BCUT2D eigenvalue weighted by Gasteiger charge is -2.27. The molecule has 1 N–H and O–H groups in total. The summed E-state index contributed by atoms with van der Waals surface area (Å²) >= 11 is 0. The lowest BCUT2D eigenvalue weighted by molar-refractivity contribution is -0.131. The summed E-state index contributed by atoms with van der Waals surface area (Å²) in [5.74, 6) is 0.608. The third-order valence-electron chi connectivity index (χ3n) is 2.94. The Kier molecular flexibility index (Phi) is 2.45. The number of hydrogen-bond acceptors (Lipinski definition) is 1. The molecule has 0 bridgehead atoms. The smallest absolute Gasteiger partial charge is 0.226 e. The number of hydrogen-bond donors (Lipinski definition) is 1. The number of nitrogens with one attached hydrogen (secondary N) is 1. The molecule has 2 nitrogen and oxygen atoms in total. The molecule has 0 unspecified atom stereocenters. The zero-order valence-corrected chi connectivity index (χ0v) is 8.48. The van der Waals surface area contributed by atoms with Gasteiger partial charge < -0.3 is 5.32 Å². The molecule has 72 valence electrons. The summed E-state index contributed by atoms with van der Waals surface area (Å²) in [6.07, 6.45) is 2.33. The van der Waals surface area contributed by atoms with Gasteiger partial charge >= 0.3 is 0 Å². The molecule has 0 atom stereocenters. The second-order valence-electron chi connectivity index (χ2n) is 4.62. The molecule has 0 radical (unpaired) electrons. The minimum absolute atomic E-state index is 0. The van der Waals surface area contributed by atoms with Crippen molar-refractivity contribution < 1.29 is 6.22 Å². The van der Waals surface area contributed by atoms with Crippen LogP contribution in [0.5, 0.6) is 0 Å². The second-order valence-corrected chi connectivity index (χ2v) is 4.62. The summed E-state index contributed by atoms with van der Waals surface area (Å²) < 4.78 is 0. The van der Waals surface area contributed by atoms with Crippen molar-refractivity contribution in [2.45, 2.75) is 46.6 Å². The average molecular weight is 171 g/mol. The van der Waals surface area contributed by atoms with E-state index in [-0.39, 0.29) is 12.7 Å². The zero-order valence-electron chi connectivity index (χ0n) is 8.48. The fourth-order valence-electron chi connectivity index (χ4n) is 0.861. The van der Waals surface area contributed by atoms with Gasteiger partial charge in [0.25, 0.3) is 0 Å². The van der Waals surface area contributed by atoms with Crippen LogP contribution in [-0.2, 0) is 4.79 Å². The van der Waals surface area contributed by atoms with E-state index in [0.717, 1.165) is 0 Å². The van der Waals surface area contributed by atoms with Gasteiger partial charge in [-0.25, -0.2) is 0 Å². The summed E-state index contributed by atoms with van der Waals surface area (Å²) in [6, 6.07) is 0.482. The maximum atomic E-state index is 11.6. The van der Waals surface area contributed by atoms with Gasteiger partial charge in [0.2, 0.25) is 5.91 Å². The fourth-order valence-corrected chi connectivity index (χ4v) is 0.861. The largest absolute Gasteiger partial charge is 0.353 e. The monoisotopic (exact) mass is 171 g/mol. The molecule has 0 spiro atoms. The Morgan fingerprint density at radius 1 is 1.50 bits per heavy atom. The predicted molar refractivity (Wildman–Crippen MR) is 51.9 cm³/mol. The predicted octanol–water partition coefficient (Wildman–Crippen LogP) is 2.19. The summed E-state index contributed by atoms with van der Waals surface area (Å²) in [5.41, 5.74) is -0.220. The number of carbonyl (C=O) groups is 1. The SMILES string of the molecule is CC(C)C(C)(C)C(=O)NC1CC1.[HH]. The molecule has 1 rings (SSSR count). The normalized spacial score (nSPS) is 18.1. The molecule has 1 aliphatic rings. The van der Waals surface area contributed by atoms with Crippen molar-refractivity contribution in [2.75, 3.05) is 0 Å². The van der Waals surface area contributed by atoms with E-state index in [0.29, 0.717) is 12.0 Å². The highest BCUT2D eigenvalue weighted by molar-refractivity contribution is 5.82. The van der Waals surface area contributed by atoms with Gasteiger partial charge in [-0.05, 0) is 18.8 Å². The molecule has 0 aliphatic heterocycles. The molecule has 0 saturated heterocycles. The van der Waals surface area contributed by atoms with Gasteiger partial charge in [0.1, 0.15) is 0 Å². The molecule has 1 amide bonds. The van der Waals surface area contributed by atoms with Crippen molar-refractivity contribution in [1.29, 1.82) is 0 Å². The average Bonchev–Trinajstić information content (AvgIpc) is 2.71. The fraction of sp³-hybridized carbons (Fsp3) is 0.900. The molecule has 1 aliphatic carbocycles. The van der Waals surface area contributed by atoms with Crippen LogP contribution in [0.3, 0.4) is 0 Å². The molecule has 0 heterocycles. The Balaban J connectivity index is 0.00000144. The summed E-state index contributed by atoms with van der Waals surface area (Å²) in [5, 5.41) is 3.04. The minimum Gasteiger partial charge on any atom is -0.353 e. The van der Waals surface area contributed by atoms with Crippen molar-refractivity contribution in [3.63, 3.8) is 0 Å². The molecule has 12 heavy (non-hydrogen) atoms. The molecule has 1 saturated carbocycles. The van der Waals surface area contributed by atoms with E-state index in [1.165, 1.54) is 12.8 Å². The number of carbonyl (C=O) groups excluding carboxylic acids is 1. The van der Waals surface area contributed by atoms with Crippen molar-refractivity contribution in [3.05, 3.63) is 0 Å². The van der Waals surface area contributed by atoms with Crippen molar-refractivity contribution >= 4 is 5.91 Å². The molecule has 1 fully saturated rings. The molecule has 0 aromatic heterocycles. The maximum Gasteiger partial charge on any atom is 0.226 e. The maximum absolute atomic E-state index is 11.6. The van der Waals surface area contributed by atoms with E-state index in [1.54, 1.807) is 0 Å². The first-order valence-corrected chi connectivity index (χ1v) is 4.75. The third kappa shape index (κ3) is 1.99. The summed E-state index contributed by atoms with van der Waals surface area (Å²) in [7, 11) is 0. The third-order valence-corrected chi connectivity index (χ3v) is 2.94. The highest BCUT2D eigenvalue weighted by Gasteiger charge is 2.34. The number of amides is 1. The van der Waals surface area contributed by atoms with Crippen LogP contribution in [-0.4, -0.2) is 11.9 Å². The van der Waals surface area contributed by atoms with Gasteiger partial charge in [-0.2, -0.15) is 0 Å². The summed E-state index contributed by atoms with van der Waals surface area (Å²) in [6.45, 7) is 8.20. The van der Waals surface area contributed by atoms with Gasteiger partial charge in [0.15, 0.2) is 0 Å². The number of rotatable bonds is 3. The van der Waals surface area contributed by atoms with Crippen LogP contribution in [0, 0.1) is 11.3 Å². The van der Waals surface area contributed by atoms with E-state index in [9.17, 15) is 4.79 Å². The van der Waals surface area contributed by atoms with Crippen molar-refractivity contribution in [2.24, 2.45) is 11.3 Å². The highest BCUT2D eigenvalue weighted by Crippen LogP contribution is 2.28. The van der Waals surface area contributed by atoms with Crippen LogP contribution in [0.25, 0.3) is 0 Å². The lowest BCUT2D eigenvalue weighted by Crippen LogP contribution is -2.41. The first kappa shape index (κ1) is 9.56. The van der Waals surface area contributed by atoms with E-state index in [4.69, 9.17) is 0 Å². The highest BCUT2D eigenvalue weighted by atomic mass is 16.2. The van der Waals surface area contributed by atoms with Gasteiger partial charge in [-0.1, -0.05) is 27.7 Å². The van der Waals surface area contributed by atoms with Crippen LogP contribution >= 0.6 is 0 Å².